The molecule has 0 atom stereocenters. The average Bonchev–Trinajstić information content (AvgIpc) is 3.04. The molecule has 0 bridgehead atoms. The number of benzene rings is 3. The largest absolute Gasteiger partial charge is 0.493 e. The Morgan fingerprint density at radius 3 is 2.61 bits per heavy atom. The number of aromatic nitrogens is 1. The van der Waals surface area contributed by atoms with Crippen LogP contribution in [0.15, 0.2) is 75.4 Å². The quantitative estimate of drug-likeness (QED) is 0.197. The third-order valence-corrected chi connectivity index (χ3v) is 6.20. The second kappa shape index (κ2) is 9.99. The van der Waals surface area contributed by atoms with Gasteiger partial charge in [0.15, 0.2) is 5.69 Å². The van der Waals surface area contributed by atoms with E-state index in [0.29, 0.717) is 10.9 Å². The number of thiocarbonyl (C=S) groups is 1. The number of anilines is 1. The summed E-state index contributed by atoms with van der Waals surface area (Å²) in [5, 5.41) is 23.5. The minimum Gasteiger partial charge on any atom is -0.493 e. The van der Waals surface area contributed by atoms with Crippen molar-refractivity contribution in [3.63, 3.8) is 0 Å². The molecule has 1 heterocycles. The van der Waals surface area contributed by atoms with Crippen molar-refractivity contribution in [1.82, 2.24) is 4.57 Å². The summed E-state index contributed by atoms with van der Waals surface area (Å²) in [5.74, 6) is -0.517. The molecule has 33 heavy (non-hydrogen) atoms. The molecule has 3 aromatic carbocycles. The van der Waals surface area contributed by atoms with Crippen LogP contribution in [0.3, 0.4) is 0 Å². The van der Waals surface area contributed by atoms with Gasteiger partial charge in [-0.25, -0.2) is 4.39 Å². The van der Waals surface area contributed by atoms with Crippen LogP contribution in [-0.2, 0) is 13.0 Å². The molecule has 0 aliphatic carbocycles. The van der Waals surface area contributed by atoms with E-state index in [4.69, 9.17) is 23.8 Å². The van der Waals surface area contributed by atoms with Gasteiger partial charge < -0.3 is 15.0 Å². The third kappa shape index (κ3) is 5.24. The van der Waals surface area contributed by atoms with Crippen LogP contribution in [0.4, 0.5) is 15.8 Å². The molecule has 4 aromatic rings. The lowest BCUT2D eigenvalue weighted by atomic mass is 10.1. The highest BCUT2D eigenvalue weighted by Crippen LogP contribution is 2.41. The van der Waals surface area contributed by atoms with Gasteiger partial charge in [-0.3, -0.25) is 0 Å². The normalized spacial score (nSPS) is 11.4. The van der Waals surface area contributed by atoms with Gasteiger partial charge in [0.2, 0.25) is 11.0 Å². The molecular formula is C24H19BrClFN4OS. The molecule has 0 fully saturated rings. The summed E-state index contributed by atoms with van der Waals surface area (Å²) >= 11 is 15.0. The van der Waals surface area contributed by atoms with Crippen LogP contribution in [0, 0.1) is 5.82 Å². The number of aryl methyl sites for hydroxylation is 1. The molecule has 0 aliphatic heterocycles. The van der Waals surface area contributed by atoms with Crippen LogP contribution in [0.2, 0.25) is 5.02 Å². The molecule has 0 spiro atoms. The lowest BCUT2D eigenvalue weighted by molar-refractivity contribution is 0.429. The zero-order valence-corrected chi connectivity index (χ0v) is 20.7. The second-order valence-electron chi connectivity index (χ2n) is 7.34. The first-order chi connectivity index (χ1) is 15.9. The number of hydrogen-bond acceptors (Lipinski definition) is 3. The fraction of sp³-hybridized carbons (Fsp3) is 0.125. The fourth-order valence-electron chi connectivity index (χ4n) is 3.44. The number of rotatable bonds is 5. The summed E-state index contributed by atoms with van der Waals surface area (Å²) in [4.78, 5) is 0. The summed E-state index contributed by atoms with van der Waals surface area (Å²) in [5.41, 5.74) is 3.67. The van der Waals surface area contributed by atoms with Gasteiger partial charge in [0.05, 0.1) is 12.1 Å². The summed E-state index contributed by atoms with van der Waals surface area (Å²) in [7, 11) is 0. The number of nitrogens with zero attached hydrogens (tertiary/aromatic N) is 3. The Balaban J connectivity index is 1.66. The van der Waals surface area contributed by atoms with Crippen molar-refractivity contribution in [2.45, 2.75) is 19.9 Å². The van der Waals surface area contributed by atoms with E-state index in [1.165, 1.54) is 17.7 Å². The molecule has 2 N–H and O–H groups in total. The number of aromatic hydroxyl groups is 1. The van der Waals surface area contributed by atoms with Crippen molar-refractivity contribution < 1.29 is 9.50 Å². The molecule has 1 aromatic heterocycles. The van der Waals surface area contributed by atoms with Gasteiger partial charge in [0.25, 0.3) is 0 Å². The summed E-state index contributed by atoms with van der Waals surface area (Å²) < 4.78 is 15.9. The van der Waals surface area contributed by atoms with Crippen LogP contribution in [-0.4, -0.2) is 14.8 Å². The second-order valence-corrected chi connectivity index (χ2v) is 9.05. The van der Waals surface area contributed by atoms with Crippen molar-refractivity contribution in [2.24, 2.45) is 10.2 Å². The Hall–Kier alpha value is -2.81. The lowest BCUT2D eigenvalue weighted by Crippen LogP contribution is -2.04. The van der Waals surface area contributed by atoms with E-state index < -0.39 is 5.82 Å². The topological polar surface area (TPSA) is 61.9 Å². The van der Waals surface area contributed by atoms with E-state index in [-0.39, 0.29) is 28.2 Å². The lowest BCUT2D eigenvalue weighted by Gasteiger charge is -2.09. The highest BCUT2D eigenvalue weighted by molar-refractivity contribution is 9.10. The van der Waals surface area contributed by atoms with Gasteiger partial charge >= 0.3 is 0 Å². The van der Waals surface area contributed by atoms with Crippen LogP contribution in [0.5, 0.6) is 5.88 Å². The number of halogens is 3. The number of nitrogens with one attached hydrogen (secondary N) is 1. The highest BCUT2D eigenvalue weighted by Gasteiger charge is 2.18. The van der Waals surface area contributed by atoms with E-state index in [2.05, 4.69) is 38.4 Å². The summed E-state index contributed by atoms with van der Waals surface area (Å²) in [6, 6.07) is 17.6. The minimum absolute atomic E-state index is 0.0951. The first-order valence-corrected chi connectivity index (χ1v) is 11.7. The molecule has 168 valence electrons. The predicted molar refractivity (Wildman–Crippen MR) is 138 cm³/mol. The van der Waals surface area contributed by atoms with E-state index >= 15 is 0 Å². The Bertz CT molecular complexity index is 1370. The van der Waals surface area contributed by atoms with E-state index in [1.54, 1.807) is 10.6 Å². The van der Waals surface area contributed by atoms with Gasteiger partial charge in [-0.1, -0.05) is 52.7 Å². The smallest absolute Gasteiger partial charge is 0.221 e. The van der Waals surface area contributed by atoms with Crippen LogP contribution in [0.25, 0.3) is 10.9 Å². The van der Waals surface area contributed by atoms with E-state index in [0.717, 1.165) is 22.1 Å². The Kier molecular flexibility index (Phi) is 7.07. The van der Waals surface area contributed by atoms with E-state index in [1.807, 2.05) is 42.5 Å². The molecule has 0 radical (unpaired) electrons. The Morgan fingerprint density at radius 2 is 1.91 bits per heavy atom. The van der Waals surface area contributed by atoms with Crippen LogP contribution in [0.1, 0.15) is 18.1 Å². The Labute approximate surface area is 209 Å². The van der Waals surface area contributed by atoms with Gasteiger partial charge in [0.1, 0.15) is 5.82 Å². The molecule has 5 nitrogen and oxygen atoms in total. The molecule has 0 saturated heterocycles. The minimum atomic E-state index is -0.422. The predicted octanol–water partition coefficient (Wildman–Crippen LogP) is 7.99. The Morgan fingerprint density at radius 1 is 1.15 bits per heavy atom. The standard InChI is InChI=1S/C24H19BrClFN4OS/c1-2-14-3-8-18(9-4-14)28-24(33)30-29-22-19-11-16(25)6-10-21(19)31(23(22)32)13-15-5-7-17(27)12-20(15)26/h3-12,32H,2,13H2,1H3,(H,28,33). The first-order valence-electron chi connectivity index (χ1n) is 10.1. The first kappa shape index (κ1) is 23.4. The molecule has 0 amide bonds. The fourth-order valence-corrected chi connectivity index (χ4v) is 4.19. The zero-order chi connectivity index (χ0) is 23.5. The zero-order valence-electron chi connectivity index (χ0n) is 17.5. The molecular weight excluding hydrogens is 527 g/mol. The van der Waals surface area contributed by atoms with Crippen molar-refractivity contribution in [3.05, 3.63) is 87.1 Å². The maximum atomic E-state index is 13.4. The SMILES string of the molecule is CCc1ccc(NC(=S)N=Nc2c(O)n(Cc3ccc(F)cc3Cl)c3ccc(Br)cc23)cc1. The monoisotopic (exact) mass is 544 g/mol. The highest BCUT2D eigenvalue weighted by atomic mass is 79.9. The molecule has 9 heteroatoms. The van der Waals surface area contributed by atoms with Crippen LogP contribution < -0.4 is 5.32 Å². The van der Waals surface area contributed by atoms with Crippen molar-refractivity contribution in [2.75, 3.05) is 5.32 Å². The van der Waals surface area contributed by atoms with Crippen LogP contribution >= 0.6 is 39.7 Å². The van der Waals surface area contributed by atoms with Crippen molar-refractivity contribution >= 4 is 67.1 Å². The number of fused-ring (bicyclic) bond motifs is 1. The molecule has 0 saturated carbocycles. The number of azo groups is 1. The summed E-state index contributed by atoms with van der Waals surface area (Å²) in [6.07, 6.45) is 0.951. The maximum absolute atomic E-state index is 13.4. The van der Waals surface area contributed by atoms with Crippen molar-refractivity contribution in [3.8, 4) is 5.88 Å². The number of hydrogen-bond donors (Lipinski definition) is 2. The van der Waals surface area contributed by atoms with Gasteiger partial charge in [-0.15, -0.1) is 10.2 Å². The maximum Gasteiger partial charge on any atom is 0.221 e. The van der Waals surface area contributed by atoms with Gasteiger partial charge in [-0.05, 0) is 72.2 Å². The third-order valence-electron chi connectivity index (χ3n) is 5.17. The van der Waals surface area contributed by atoms with Gasteiger partial charge in [-0.2, -0.15) is 0 Å². The molecule has 4 rings (SSSR count). The summed E-state index contributed by atoms with van der Waals surface area (Å²) in [6.45, 7) is 2.32. The van der Waals surface area contributed by atoms with Crippen molar-refractivity contribution in [1.29, 1.82) is 0 Å². The average molecular weight is 546 g/mol. The van der Waals surface area contributed by atoms with E-state index in [9.17, 15) is 9.50 Å². The van der Waals surface area contributed by atoms with Gasteiger partial charge in [0, 0.05) is 20.6 Å². The molecule has 0 aliphatic rings. The molecule has 0 unspecified atom stereocenters.